The molecule has 0 saturated carbocycles. The Labute approximate surface area is 179 Å². The summed E-state index contributed by atoms with van der Waals surface area (Å²) < 4.78 is 11.7. The zero-order valence-corrected chi connectivity index (χ0v) is 18.2. The van der Waals surface area contributed by atoms with Gasteiger partial charge >= 0.3 is 0 Å². The van der Waals surface area contributed by atoms with Crippen molar-refractivity contribution in [2.75, 3.05) is 19.5 Å². The summed E-state index contributed by atoms with van der Waals surface area (Å²) in [5, 5.41) is 3.24. The maximum absolute atomic E-state index is 6.15. The van der Waals surface area contributed by atoms with Crippen molar-refractivity contribution >= 4 is 5.69 Å². The minimum Gasteiger partial charge on any atom is -0.496 e. The standard InChI is InChI=1S/C23H25NO2.C2H6N2/c1-16-12-18(20-9-5-6-11-23(20)25-4)14-19(13-16)26-15-21-17(2)8-7-10-22(21)24-3;1-2-4-3/h5-14,24H,15H2,1-4H3;2,4H,1,3H2. The summed E-state index contributed by atoms with van der Waals surface area (Å²) in [6.07, 6.45) is 1.40. The maximum Gasteiger partial charge on any atom is 0.126 e. The number of nitrogens with one attached hydrogen (secondary N) is 2. The van der Waals surface area contributed by atoms with Crippen molar-refractivity contribution in [3.63, 3.8) is 0 Å². The summed E-state index contributed by atoms with van der Waals surface area (Å²) in [6, 6.07) is 20.6. The highest BCUT2D eigenvalue weighted by Crippen LogP contribution is 2.33. The first-order valence-corrected chi connectivity index (χ1v) is 9.75. The molecular formula is C25H31N3O2. The van der Waals surface area contributed by atoms with Gasteiger partial charge in [-0.15, -0.1) is 0 Å². The summed E-state index contributed by atoms with van der Waals surface area (Å²) in [5.41, 5.74) is 9.00. The Hall–Kier alpha value is -3.44. The molecule has 0 heterocycles. The van der Waals surface area contributed by atoms with E-state index in [1.54, 1.807) is 7.11 Å². The van der Waals surface area contributed by atoms with Gasteiger partial charge in [-0.05, 0) is 54.8 Å². The van der Waals surface area contributed by atoms with E-state index in [0.29, 0.717) is 6.61 Å². The highest BCUT2D eigenvalue weighted by molar-refractivity contribution is 5.72. The molecule has 30 heavy (non-hydrogen) atoms. The number of hydrazine groups is 1. The van der Waals surface area contributed by atoms with Crippen LogP contribution >= 0.6 is 0 Å². The van der Waals surface area contributed by atoms with E-state index in [9.17, 15) is 0 Å². The quantitative estimate of drug-likeness (QED) is 0.373. The van der Waals surface area contributed by atoms with Crippen molar-refractivity contribution < 1.29 is 9.47 Å². The predicted octanol–water partition coefficient (Wildman–Crippen LogP) is 5.19. The molecule has 0 spiro atoms. The molecule has 0 aliphatic carbocycles. The number of para-hydroxylation sites is 1. The summed E-state index contributed by atoms with van der Waals surface area (Å²) in [5.74, 6) is 6.38. The lowest BCUT2D eigenvalue weighted by Gasteiger charge is -2.15. The van der Waals surface area contributed by atoms with Crippen LogP contribution in [0.5, 0.6) is 11.5 Å². The van der Waals surface area contributed by atoms with Gasteiger partial charge in [-0.1, -0.05) is 43.0 Å². The van der Waals surface area contributed by atoms with Gasteiger partial charge in [0.2, 0.25) is 0 Å². The second-order valence-electron chi connectivity index (χ2n) is 6.75. The van der Waals surface area contributed by atoms with E-state index in [4.69, 9.17) is 9.47 Å². The first-order valence-electron chi connectivity index (χ1n) is 9.75. The number of ether oxygens (including phenoxy) is 2. The average molecular weight is 406 g/mol. The van der Waals surface area contributed by atoms with Gasteiger partial charge in [0.15, 0.2) is 0 Å². The SMILES string of the molecule is C=CNN.CNc1cccc(C)c1COc1cc(C)cc(-c2ccccc2OC)c1. The first kappa shape index (κ1) is 22.8. The van der Waals surface area contributed by atoms with E-state index < -0.39 is 0 Å². The van der Waals surface area contributed by atoms with Crippen molar-refractivity contribution in [2.24, 2.45) is 5.84 Å². The van der Waals surface area contributed by atoms with Gasteiger partial charge in [-0.25, -0.2) is 0 Å². The van der Waals surface area contributed by atoms with E-state index >= 15 is 0 Å². The third kappa shape index (κ3) is 6.03. The molecule has 0 aromatic heterocycles. The molecular weight excluding hydrogens is 374 g/mol. The Morgan fingerprint density at radius 3 is 2.43 bits per heavy atom. The lowest BCUT2D eigenvalue weighted by Crippen LogP contribution is -2.11. The summed E-state index contributed by atoms with van der Waals surface area (Å²) in [7, 11) is 3.63. The van der Waals surface area contributed by atoms with Crippen LogP contribution in [0.4, 0.5) is 5.69 Å². The molecule has 5 nitrogen and oxygen atoms in total. The van der Waals surface area contributed by atoms with Gasteiger partial charge in [-0.3, -0.25) is 5.84 Å². The zero-order valence-electron chi connectivity index (χ0n) is 18.2. The van der Waals surface area contributed by atoms with Gasteiger partial charge in [0.1, 0.15) is 18.1 Å². The Balaban J connectivity index is 0.000000735. The Morgan fingerprint density at radius 1 is 1.03 bits per heavy atom. The van der Waals surface area contributed by atoms with Crippen LogP contribution in [0.25, 0.3) is 11.1 Å². The fraction of sp³-hybridized carbons (Fsp3) is 0.200. The zero-order chi connectivity index (χ0) is 21.9. The van der Waals surface area contributed by atoms with Crippen LogP contribution in [0.1, 0.15) is 16.7 Å². The number of nitrogens with two attached hydrogens (primary N) is 1. The van der Waals surface area contributed by atoms with Crippen molar-refractivity contribution in [3.8, 4) is 22.6 Å². The molecule has 3 rings (SSSR count). The molecule has 4 N–H and O–H groups in total. The lowest BCUT2D eigenvalue weighted by atomic mass is 10.0. The summed E-state index contributed by atoms with van der Waals surface area (Å²) in [6.45, 7) is 7.96. The third-order valence-corrected chi connectivity index (χ3v) is 4.65. The topological polar surface area (TPSA) is 68.5 Å². The van der Waals surface area contributed by atoms with Crippen molar-refractivity contribution in [1.82, 2.24) is 5.43 Å². The molecule has 0 saturated heterocycles. The number of hydrogen-bond acceptors (Lipinski definition) is 5. The van der Waals surface area contributed by atoms with Gasteiger partial charge < -0.3 is 20.2 Å². The van der Waals surface area contributed by atoms with Gasteiger partial charge in [0.05, 0.1) is 7.11 Å². The van der Waals surface area contributed by atoms with E-state index in [1.807, 2.05) is 25.2 Å². The Morgan fingerprint density at radius 2 is 1.77 bits per heavy atom. The number of methoxy groups -OCH3 is 1. The highest BCUT2D eigenvalue weighted by atomic mass is 16.5. The largest absolute Gasteiger partial charge is 0.496 e. The monoisotopic (exact) mass is 405 g/mol. The van der Waals surface area contributed by atoms with E-state index in [2.05, 4.69) is 79.5 Å². The fourth-order valence-electron chi connectivity index (χ4n) is 3.15. The third-order valence-electron chi connectivity index (χ3n) is 4.65. The molecule has 0 fully saturated rings. The van der Waals surface area contributed by atoms with Crippen molar-refractivity contribution in [3.05, 3.63) is 90.1 Å². The summed E-state index contributed by atoms with van der Waals surface area (Å²) in [4.78, 5) is 0. The second kappa shape index (κ2) is 11.5. The molecule has 0 amide bonds. The summed E-state index contributed by atoms with van der Waals surface area (Å²) >= 11 is 0. The fourth-order valence-corrected chi connectivity index (χ4v) is 3.15. The number of hydrogen-bond donors (Lipinski definition) is 3. The van der Waals surface area contributed by atoms with Crippen molar-refractivity contribution in [1.29, 1.82) is 0 Å². The van der Waals surface area contributed by atoms with E-state index in [1.165, 1.54) is 17.3 Å². The van der Waals surface area contributed by atoms with Crippen LogP contribution in [-0.2, 0) is 6.61 Å². The van der Waals surface area contributed by atoms with Gasteiger partial charge in [0.25, 0.3) is 0 Å². The van der Waals surface area contributed by atoms with E-state index in [0.717, 1.165) is 33.9 Å². The minimum absolute atomic E-state index is 0.525. The van der Waals surface area contributed by atoms with Crippen LogP contribution < -0.4 is 26.1 Å². The molecule has 0 aliphatic rings. The van der Waals surface area contributed by atoms with Crippen LogP contribution in [0, 0.1) is 13.8 Å². The first-order chi connectivity index (χ1) is 14.5. The van der Waals surface area contributed by atoms with Gasteiger partial charge in [0, 0.05) is 30.1 Å². The second-order valence-corrected chi connectivity index (χ2v) is 6.75. The molecule has 0 atom stereocenters. The molecule has 0 unspecified atom stereocenters. The normalized spacial score (nSPS) is 9.77. The Kier molecular flexibility index (Phi) is 8.78. The van der Waals surface area contributed by atoms with Crippen LogP contribution in [0.15, 0.2) is 73.4 Å². The predicted molar refractivity (Wildman–Crippen MR) is 126 cm³/mol. The molecule has 5 heteroatoms. The van der Waals surface area contributed by atoms with Crippen LogP contribution in [-0.4, -0.2) is 14.2 Å². The smallest absolute Gasteiger partial charge is 0.126 e. The lowest BCUT2D eigenvalue weighted by molar-refractivity contribution is 0.306. The number of aryl methyl sites for hydroxylation is 2. The molecule has 0 bridgehead atoms. The molecule has 0 aliphatic heterocycles. The number of benzene rings is 3. The van der Waals surface area contributed by atoms with Crippen LogP contribution in [0.2, 0.25) is 0 Å². The molecule has 3 aromatic carbocycles. The molecule has 3 aromatic rings. The molecule has 158 valence electrons. The van der Waals surface area contributed by atoms with E-state index in [-0.39, 0.29) is 0 Å². The average Bonchev–Trinajstić information content (AvgIpc) is 2.77. The maximum atomic E-state index is 6.15. The van der Waals surface area contributed by atoms with Crippen molar-refractivity contribution in [2.45, 2.75) is 20.5 Å². The van der Waals surface area contributed by atoms with Gasteiger partial charge in [-0.2, -0.15) is 0 Å². The number of anilines is 1. The van der Waals surface area contributed by atoms with Crippen LogP contribution in [0.3, 0.4) is 0 Å². The minimum atomic E-state index is 0.525. The Bertz CT molecular complexity index is 970. The number of rotatable bonds is 7. The molecule has 0 radical (unpaired) electrons. The highest BCUT2D eigenvalue weighted by Gasteiger charge is 2.09.